The van der Waals surface area contributed by atoms with Crippen LogP contribution in [0.3, 0.4) is 0 Å². The average molecular weight is 223 g/mol. The van der Waals surface area contributed by atoms with E-state index in [2.05, 4.69) is 26.6 Å². The lowest BCUT2D eigenvalue weighted by Crippen LogP contribution is -2.34. The van der Waals surface area contributed by atoms with Crippen LogP contribution in [0.1, 0.15) is 0 Å². The molecule has 3 unspecified atom stereocenters. The number of rotatable bonds is 0. The fraction of sp³-hybridized carbons (Fsp3) is 0.800. The molecule has 0 saturated carbocycles. The molecule has 2 heterocycles. The molecule has 2 aliphatic heterocycles. The van der Waals surface area contributed by atoms with E-state index < -0.39 is 0 Å². The summed E-state index contributed by atoms with van der Waals surface area (Å²) in [7, 11) is 0. The highest BCUT2D eigenvalue weighted by molar-refractivity contribution is 9.11. The molecule has 0 bridgehead atoms. The van der Waals surface area contributed by atoms with Gasteiger partial charge in [0.05, 0.1) is 16.2 Å². The Morgan fingerprint density at radius 1 is 1.60 bits per heavy atom. The first kappa shape index (κ1) is 6.79. The van der Waals surface area contributed by atoms with Gasteiger partial charge < -0.3 is 10.6 Å². The third-order valence-electron chi connectivity index (χ3n) is 1.77. The van der Waals surface area contributed by atoms with E-state index in [9.17, 15) is 4.79 Å². The molecule has 0 aromatic rings. The van der Waals surface area contributed by atoms with Crippen LogP contribution in [-0.4, -0.2) is 28.0 Å². The second-order valence-corrected chi connectivity index (χ2v) is 5.20. The van der Waals surface area contributed by atoms with Crippen molar-refractivity contribution in [1.29, 1.82) is 0 Å². The maximum atomic E-state index is 10.7. The Balaban J connectivity index is 2.12. The van der Waals surface area contributed by atoms with Gasteiger partial charge in [-0.1, -0.05) is 15.9 Å². The third kappa shape index (κ3) is 0.917. The number of halogens is 1. The van der Waals surface area contributed by atoms with Gasteiger partial charge in [0, 0.05) is 5.75 Å². The molecule has 2 amide bonds. The molecule has 5 heteroatoms. The highest BCUT2D eigenvalue weighted by Gasteiger charge is 2.41. The van der Waals surface area contributed by atoms with Crippen molar-refractivity contribution in [3.8, 4) is 0 Å². The van der Waals surface area contributed by atoms with Gasteiger partial charge in [0.1, 0.15) is 0 Å². The topological polar surface area (TPSA) is 41.1 Å². The summed E-state index contributed by atoms with van der Waals surface area (Å²) in [6.07, 6.45) is 0. The number of carbonyl (C=O) groups is 1. The van der Waals surface area contributed by atoms with E-state index in [1.54, 1.807) is 0 Å². The molecule has 56 valence electrons. The Bertz CT molecular complexity index is 177. The zero-order valence-electron chi connectivity index (χ0n) is 5.13. The third-order valence-corrected chi connectivity index (χ3v) is 4.29. The SMILES string of the molecule is O=C1NC2CSC(Br)C2N1. The van der Waals surface area contributed by atoms with Crippen molar-refractivity contribution in [3.05, 3.63) is 0 Å². The first-order valence-corrected chi connectivity index (χ1v) is 5.06. The van der Waals surface area contributed by atoms with Crippen LogP contribution in [0.5, 0.6) is 0 Å². The number of fused-ring (bicyclic) bond motifs is 1. The molecule has 3 atom stereocenters. The van der Waals surface area contributed by atoms with Crippen LogP contribution in [-0.2, 0) is 0 Å². The predicted molar refractivity (Wildman–Crippen MR) is 44.4 cm³/mol. The molecule has 3 nitrogen and oxygen atoms in total. The van der Waals surface area contributed by atoms with Crippen LogP contribution < -0.4 is 10.6 Å². The molecule has 2 rings (SSSR count). The number of amides is 2. The van der Waals surface area contributed by atoms with Crippen LogP contribution >= 0.6 is 27.7 Å². The molecule has 2 N–H and O–H groups in total. The zero-order chi connectivity index (χ0) is 7.14. The Kier molecular flexibility index (Phi) is 1.56. The van der Waals surface area contributed by atoms with Gasteiger partial charge in [-0.15, -0.1) is 11.8 Å². The van der Waals surface area contributed by atoms with Gasteiger partial charge in [0.15, 0.2) is 0 Å². The summed E-state index contributed by atoms with van der Waals surface area (Å²) < 4.78 is 0.386. The summed E-state index contributed by atoms with van der Waals surface area (Å²) in [5, 5.41) is 5.69. The van der Waals surface area contributed by atoms with Crippen LogP contribution in [0.2, 0.25) is 0 Å². The molecule has 10 heavy (non-hydrogen) atoms. The summed E-state index contributed by atoms with van der Waals surface area (Å²) >= 11 is 5.31. The monoisotopic (exact) mass is 222 g/mol. The van der Waals surface area contributed by atoms with E-state index in [0.717, 1.165) is 5.75 Å². The number of nitrogens with one attached hydrogen (secondary N) is 2. The van der Waals surface area contributed by atoms with Crippen molar-refractivity contribution in [2.75, 3.05) is 5.75 Å². The number of hydrogen-bond acceptors (Lipinski definition) is 2. The Morgan fingerprint density at radius 2 is 2.40 bits per heavy atom. The minimum absolute atomic E-state index is 0.0280. The van der Waals surface area contributed by atoms with Crippen molar-refractivity contribution < 1.29 is 4.79 Å². The Labute approximate surface area is 71.4 Å². The standard InChI is InChI=1S/C5H7BrN2OS/c6-4-3-2(1-10-4)7-5(9)8-3/h2-4H,1H2,(H2,7,8,9). The molecular formula is C5H7BrN2OS. The minimum Gasteiger partial charge on any atom is -0.332 e. The molecule has 0 aromatic carbocycles. The van der Waals surface area contributed by atoms with Gasteiger partial charge in [0.2, 0.25) is 0 Å². The van der Waals surface area contributed by atoms with Gasteiger partial charge in [-0.3, -0.25) is 0 Å². The van der Waals surface area contributed by atoms with Crippen LogP contribution in [0.4, 0.5) is 4.79 Å². The van der Waals surface area contributed by atoms with Crippen molar-refractivity contribution in [3.63, 3.8) is 0 Å². The van der Waals surface area contributed by atoms with Crippen LogP contribution in [0.25, 0.3) is 0 Å². The number of alkyl halides is 1. The van der Waals surface area contributed by atoms with E-state index in [0.29, 0.717) is 10.2 Å². The van der Waals surface area contributed by atoms with Crippen LogP contribution in [0, 0.1) is 0 Å². The maximum Gasteiger partial charge on any atom is 0.315 e. The van der Waals surface area contributed by atoms with Gasteiger partial charge >= 0.3 is 6.03 Å². The van der Waals surface area contributed by atoms with E-state index in [4.69, 9.17) is 0 Å². The second kappa shape index (κ2) is 2.30. The second-order valence-electron chi connectivity index (χ2n) is 2.43. The summed E-state index contributed by atoms with van der Waals surface area (Å²) in [4.78, 5) is 10.7. The fourth-order valence-corrected chi connectivity index (χ4v) is 3.35. The van der Waals surface area contributed by atoms with Gasteiger partial charge in [-0.05, 0) is 0 Å². The highest BCUT2D eigenvalue weighted by Crippen LogP contribution is 2.33. The van der Waals surface area contributed by atoms with Crippen LogP contribution in [0.15, 0.2) is 0 Å². The Morgan fingerprint density at radius 3 is 3.10 bits per heavy atom. The van der Waals surface area contributed by atoms with Crippen molar-refractivity contribution in [2.45, 2.75) is 16.2 Å². The summed E-state index contributed by atoms with van der Waals surface area (Å²) in [5.41, 5.74) is 0. The molecule has 2 aliphatic rings. The lowest BCUT2D eigenvalue weighted by molar-refractivity contribution is 0.247. The average Bonchev–Trinajstić information content (AvgIpc) is 2.35. The van der Waals surface area contributed by atoms with E-state index in [-0.39, 0.29) is 12.1 Å². The molecule has 0 radical (unpaired) electrons. The number of thioether (sulfide) groups is 1. The fourth-order valence-electron chi connectivity index (χ4n) is 1.24. The minimum atomic E-state index is -0.0280. The molecule has 2 saturated heterocycles. The van der Waals surface area contributed by atoms with E-state index in [1.165, 1.54) is 0 Å². The smallest absolute Gasteiger partial charge is 0.315 e. The molecule has 0 spiro atoms. The normalized spacial score (nSPS) is 44.5. The quantitative estimate of drug-likeness (QED) is 0.464. The number of hydrogen-bond donors (Lipinski definition) is 2. The maximum absolute atomic E-state index is 10.7. The van der Waals surface area contributed by atoms with Crippen molar-refractivity contribution >= 4 is 33.7 Å². The first-order valence-electron chi connectivity index (χ1n) is 3.10. The lowest BCUT2D eigenvalue weighted by atomic mass is 10.2. The van der Waals surface area contributed by atoms with Crippen molar-refractivity contribution in [1.82, 2.24) is 10.6 Å². The zero-order valence-corrected chi connectivity index (χ0v) is 7.54. The summed E-state index contributed by atoms with van der Waals surface area (Å²) in [6, 6.07) is 0.596. The van der Waals surface area contributed by atoms with E-state index in [1.807, 2.05) is 11.8 Å². The molecule has 2 fully saturated rings. The Hall–Kier alpha value is 0.1000. The highest BCUT2D eigenvalue weighted by atomic mass is 79.9. The largest absolute Gasteiger partial charge is 0.332 e. The lowest BCUT2D eigenvalue weighted by Gasteiger charge is -2.08. The molecule has 0 aromatic heterocycles. The van der Waals surface area contributed by atoms with Gasteiger partial charge in [-0.25, -0.2) is 4.79 Å². The first-order chi connectivity index (χ1) is 4.77. The van der Waals surface area contributed by atoms with Crippen molar-refractivity contribution in [2.24, 2.45) is 0 Å². The van der Waals surface area contributed by atoms with Gasteiger partial charge in [-0.2, -0.15) is 0 Å². The summed E-state index contributed by atoms with van der Waals surface area (Å²) in [5.74, 6) is 1.01. The van der Waals surface area contributed by atoms with Gasteiger partial charge in [0.25, 0.3) is 0 Å². The predicted octanol–water partition coefficient (Wildman–Crippen LogP) is 0.504. The molecular weight excluding hydrogens is 216 g/mol. The number of carbonyl (C=O) groups excluding carboxylic acids is 1. The molecule has 0 aliphatic carbocycles. The summed E-state index contributed by atoms with van der Waals surface area (Å²) in [6.45, 7) is 0. The number of urea groups is 1. The van der Waals surface area contributed by atoms with E-state index >= 15 is 0 Å².